The number of anilines is 1. The number of benzene rings is 2. The van der Waals surface area contributed by atoms with Crippen molar-refractivity contribution in [3.63, 3.8) is 0 Å². The SMILES string of the molecule is Cc1oc2nc[nH]c(=O)c2c1C1=NN(c2ccccc2)C(c2ccc(Cl)cc2Cl)C1. The van der Waals surface area contributed by atoms with Crippen molar-refractivity contribution in [1.29, 1.82) is 0 Å². The number of aryl methyl sites for hydroxylation is 1. The number of aromatic amines is 1. The van der Waals surface area contributed by atoms with Gasteiger partial charge in [0.1, 0.15) is 11.1 Å². The van der Waals surface area contributed by atoms with Crippen LogP contribution in [0.25, 0.3) is 11.1 Å². The first-order valence-corrected chi connectivity index (χ1v) is 10.1. The van der Waals surface area contributed by atoms with Crippen LogP contribution in [0.15, 0.2) is 69.2 Å². The van der Waals surface area contributed by atoms with Crippen molar-refractivity contribution in [3.05, 3.63) is 92.1 Å². The monoisotopic (exact) mass is 438 g/mol. The van der Waals surface area contributed by atoms with Gasteiger partial charge in [0, 0.05) is 16.5 Å². The molecule has 1 atom stereocenters. The lowest BCUT2D eigenvalue weighted by Gasteiger charge is -2.24. The van der Waals surface area contributed by atoms with E-state index in [2.05, 4.69) is 9.97 Å². The van der Waals surface area contributed by atoms with E-state index in [1.807, 2.05) is 54.4 Å². The molecule has 1 aliphatic rings. The number of halogens is 2. The molecule has 1 unspecified atom stereocenters. The van der Waals surface area contributed by atoms with Crippen molar-refractivity contribution in [3.8, 4) is 0 Å². The lowest BCUT2D eigenvalue weighted by Crippen LogP contribution is -2.18. The fourth-order valence-electron chi connectivity index (χ4n) is 3.89. The van der Waals surface area contributed by atoms with Crippen molar-refractivity contribution in [2.24, 2.45) is 5.10 Å². The molecule has 0 saturated carbocycles. The van der Waals surface area contributed by atoms with E-state index in [1.165, 1.54) is 6.33 Å². The molecule has 6 nitrogen and oxygen atoms in total. The lowest BCUT2D eigenvalue weighted by molar-refractivity contribution is 0.565. The minimum Gasteiger partial charge on any atom is -0.442 e. The summed E-state index contributed by atoms with van der Waals surface area (Å²) in [5, 5.41) is 8.36. The highest BCUT2D eigenvalue weighted by Crippen LogP contribution is 2.41. The largest absolute Gasteiger partial charge is 0.442 e. The molecular weight excluding hydrogens is 423 g/mol. The molecule has 2 aromatic heterocycles. The molecule has 8 heteroatoms. The number of fused-ring (bicyclic) bond motifs is 1. The zero-order valence-corrected chi connectivity index (χ0v) is 17.4. The summed E-state index contributed by atoms with van der Waals surface area (Å²) in [6.45, 7) is 1.81. The van der Waals surface area contributed by atoms with Gasteiger partial charge in [0.15, 0.2) is 0 Å². The van der Waals surface area contributed by atoms with E-state index in [1.54, 1.807) is 6.07 Å². The van der Waals surface area contributed by atoms with Gasteiger partial charge in [0.05, 0.1) is 29.3 Å². The molecule has 0 spiro atoms. The third-order valence-electron chi connectivity index (χ3n) is 5.21. The van der Waals surface area contributed by atoms with Gasteiger partial charge in [0.25, 0.3) is 5.56 Å². The van der Waals surface area contributed by atoms with Gasteiger partial charge in [0.2, 0.25) is 5.71 Å². The third-order valence-corrected chi connectivity index (χ3v) is 5.77. The first-order valence-electron chi connectivity index (χ1n) is 9.37. The van der Waals surface area contributed by atoms with E-state index in [-0.39, 0.29) is 11.6 Å². The summed E-state index contributed by atoms with van der Waals surface area (Å²) in [4.78, 5) is 19.3. The molecular formula is C22H16Cl2N4O2. The van der Waals surface area contributed by atoms with Crippen molar-refractivity contribution in [2.75, 3.05) is 5.01 Å². The Morgan fingerprint density at radius 3 is 2.73 bits per heavy atom. The average Bonchev–Trinajstić information content (AvgIpc) is 3.30. The average molecular weight is 439 g/mol. The van der Waals surface area contributed by atoms with E-state index in [0.29, 0.717) is 38.9 Å². The van der Waals surface area contributed by atoms with Crippen LogP contribution in [0.2, 0.25) is 10.0 Å². The van der Waals surface area contributed by atoms with Gasteiger partial charge in [-0.25, -0.2) is 4.98 Å². The van der Waals surface area contributed by atoms with Gasteiger partial charge in [-0.3, -0.25) is 9.80 Å². The van der Waals surface area contributed by atoms with Crippen molar-refractivity contribution in [1.82, 2.24) is 9.97 Å². The second-order valence-electron chi connectivity index (χ2n) is 7.06. The number of hydrogen-bond acceptors (Lipinski definition) is 5. The Kier molecular flexibility index (Phi) is 4.60. The summed E-state index contributed by atoms with van der Waals surface area (Å²) in [6.07, 6.45) is 1.88. The van der Waals surface area contributed by atoms with E-state index in [9.17, 15) is 4.79 Å². The molecule has 2 aromatic carbocycles. The van der Waals surface area contributed by atoms with Gasteiger partial charge in [-0.15, -0.1) is 0 Å². The highest BCUT2D eigenvalue weighted by molar-refractivity contribution is 6.35. The summed E-state index contributed by atoms with van der Waals surface area (Å²) in [7, 11) is 0. The fourth-order valence-corrected chi connectivity index (χ4v) is 4.43. The van der Waals surface area contributed by atoms with E-state index >= 15 is 0 Å². The number of hydrazone groups is 1. The van der Waals surface area contributed by atoms with Crippen LogP contribution in [-0.4, -0.2) is 15.7 Å². The molecule has 1 aliphatic heterocycles. The second-order valence-corrected chi connectivity index (χ2v) is 7.90. The number of furan rings is 1. The Bertz CT molecular complexity index is 1340. The van der Waals surface area contributed by atoms with Crippen LogP contribution >= 0.6 is 23.2 Å². The van der Waals surface area contributed by atoms with E-state index < -0.39 is 0 Å². The molecule has 5 rings (SSSR count). The van der Waals surface area contributed by atoms with Crippen LogP contribution in [0.3, 0.4) is 0 Å². The van der Waals surface area contributed by atoms with Crippen LogP contribution in [0, 0.1) is 6.92 Å². The van der Waals surface area contributed by atoms with Crippen molar-refractivity contribution in [2.45, 2.75) is 19.4 Å². The van der Waals surface area contributed by atoms with Crippen LogP contribution in [0.4, 0.5) is 5.69 Å². The Balaban J connectivity index is 1.68. The van der Waals surface area contributed by atoms with Crippen LogP contribution in [-0.2, 0) is 0 Å². The normalized spacial score (nSPS) is 16.3. The molecule has 0 amide bonds. The predicted molar refractivity (Wildman–Crippen MR) is 119 cm³/mol. The van der Waals surface area contributed by atoms with Gasteiger partial charge in [-0.05, 0) is 36.8 Å². The molecule has 0 bridgehead atoms. The fraction of sp³-hybridized carbons (Fsp3) is 0.136. The Morgan fingerprint density at radius 2 is 1.97 bits per heavy atom. The lowest BCUT2D eigenvalue weighted by atomic mass is 9.97. The zero-order chi connectivity index (χ0) is 20.8. The van der Waals surface area contributed by atoms with E-state index in [0.717, 1.165) is 17.0 Å². The van der Waals surface area contributed by atoms with E-state index in [4.69, 9.17) is 32.7 Å². The number of nitrogens with one attached hydrogen (secondary N) is 1. The first kappa shape index (κ1) is 18.9. The molecule has 150 valence electrons. The van der Waals surface area contributed by atoms with Gasteiger partial charge in [-0.2, -0.15) is 5.10 Å². The highest BCUT2D eigenvalue weighted by atomic mass is 35.5. The molecule has 1 N–H and O–H groups in total. The smallest absolute Gasteiger partial charge is 0.262 e. The summed E-state index contributed by atoms with van der Waals surface area (Å²) in [5.74, 6) is 0.601. The minimum atomic E-state index is -0.256. The predicted octanol–water partition coefficient (Wildman–Crippen LogP) is 5.49. The number of para-hydroxylation sites is 1. The molecule has 0 aliphatic carbocycles. The number of nitrogens with zero attached hydrogens (tertiary/aromatic N) is 3. The Morgan fingerprint density at radius 1 is 1.17 bits per heavy atom. The minimum absolute atomic E-state index is 0.160. The van der Waals surface area contributed by atoms with Gasteiger partial charge in [-0.1, -0.05) is 47.5 Å². The van der Waals surface area contributed by atoms with Crippen molar-refractivity contribution < 1.29 is 4.42 Å². The summed E-state index contributed by atoms with van der Waals surface area (Å²) < 4.78 is 5.74. The molecule has 30 heavy (non-hydrogen) atoms. The molecule has 0 fully saturated rings. The van der Waals surface area contributed by atoms with Crippen LogP contribution in [0.5, 0.6) is 0 Å². The highest BCUT2D eigenvalue weighted by Gasteiger charge is 2.34. The summed E-state index contributed by atoms with van der Waals surface area (Å²) >= 11 is 12.6. The molecule has 4 aromatic rings. The maximum atomic E-state index is 12.5. The zero-order valence-electron chi connectivity index (χ0n) is 15.9. The quantitative estimate of drug-likeness (QED) is 0.458. The number of H-pyrrole nitrogens is 1. The third kappa shape index (κ3) is 3.09. The summed E-state index contributed by atoms with van der Waals surface area (Å²) in [6, 6.07) is 15.1. The number of aromatic nitrogens is 2. The maximum Gasteiger partial charge on any atom is 0.262 e. The first-order chi connectivity index (χ1) is 14.5. The Labute approximate surface area is 181 Å². The van der Waals surface area contributed by atoms with Crippen molar-refractivity contribution >= 4 is 45.7 Å². The van der Waals surface area contributed by atoms with Crippen LogP contribution in [0.1, 0.15) is 29.3 Å². The standard InChI is InChI=1S/C22H16Cl2N4O2/c1-12-19(20-21(29)25-11-26-22(20)30-12)17-10-18(15-8-7-13(23)9-16(15)24)28(27-17)14-5-3-2-4-6-14/h2-9,11,18H,10H2,1H3,(H,25,26,29). The van der Waals surface area contributed by atoms with Gasteiger partial charge >= 0.3 is 0 Å². The molecule has 0 saturated heterocycles. The number of rotatable bonds is 3. The molecule has 0 radical (unpaired) electrons. The Hall–Kier alpha value is -3.09. The second kappa shape index (κ2) is 7.31. The van der Waals surface area contributed by atoms with Gasteiger partial charge < -0.3 is 9.40 Å². The maximum absolute atomic E-state index is 12.5. The topological polar surface area (TPSA) is 74.5 Å². The molecule has 3 heterocycles. The number of hydrogen-bond donors (Lipinski definition) is 1. The summed E-state index contributed by atoms with van der Waals surface area (Å²) in [5.41, 5.74) is 3.28. The van der Waals surface area contributed by atoms with Crippen LogP contribution < -0.4 is 10.6 Å².